The largest absolute Gasteiger partial charge is 0.383 e. The third kappa shape index (κ3) is 3.22. The van der Waals surface area contributed by atoms with E-state index in [1.54, 1.807) is 6.20 Å². The maximum absolute atomic E-state index is 12.0. The van der Waals surface area contributed by atoms with E-state index in [-0.39, 0.29) is 17.9 Å². The van der Waals surface area contributed by atoms with Gasteiger partial charge < -0.3 is 20.9 Å². The number of rotatable bonds is 5. The van der Waals surface area contributed by atoms with Crippen molar-refractivity contribution in [3.05, 3.63) is 36.7 Å². The summed E-state index contributed by atoms with van der Waals surface area (Å²) in [6.07, 6.45) is 6.60. The van der Waals surface area contributed by atoms with Crippen LogP contribution >= 0.6 is 0 Å². The highest BCUT2D eigenvalue weighted by Crippen LogP contribution is 2.28. The van der Waals surface area contributed by atoms with Gasteiger partial charge in [-0.25, -0.2) is 4.98 Å². The Bertz CT molecular complexity index is 813. The van der Waals surface area contributed by atoms with E-state index in [0.29, 0.717) is 23.4 Å². The molecule has 1 fully saturated rings. The predicted octanol–water partition coefficient (Wildman–Crippen LogP) is 1.89. The first-order chi connectivity index (χ1) is 12.0. The molecular formula is C18H23N5O2. The summed E-state index contributed by atoms with van der Waals surface area (Å²) in [5, 5.41) is 4.21. The van der Waals surface area contributed by atoms with Crippen LogP contribution in [0.5, 0.6) is 0 Å². The number of likely N-dealkylation sites (tertiary alicyclic amines) is 1. The minimum Gasteiger partial charge on any atom is -0.383 e. The number of carbonyl (C=O) groups excluding carboxylic acids is 2. The van der Waals surface area contributed by atoms with Gasteiger partial charge in [0.05, 0.1) is 11.3 Å². The second kappa shape index (κ2) is 6.96. The fraction of sp³-hybridized carbons (Fsp3) is 0.389. The highest BCUT2D eigenvalue weighted by molar-refractivity contribution is 6.05. The zero-order chi connectivity index (χ0) is 18.0. The van der Waals surface area contributed by atoms with Crippen molar-refractivity contribution in [2.24, 2.45) is 11.7 Å². The van der Waals surface area contributed by atoms with Crippen LogP contribution in [0.2, 0.25) is 0 Å². The van der Waals surface area contributed by atoms with Gasteiger partial charge in [-0.2, -0.15) is 0 Å². The van der Waals surface area contributed by atoms with E-state index in [1.165, 1.54) is 12.3 Å². The molecule has 4 N–H and O–H groups in total. The number of fused-ring (bicyclic) bond motifs is 1. The van der Waals surface area contributed by atoms with Gasteiger partial charge in [-0.05, 0) is 37.8 Å². The highest BCUT2D eigenvalue weighted by atomic mass is 16.2. The molecule has 1 saturated heterocycles. The molecule has 7 heteroatoms. The zero-order valence-corrected chi connectivity index (χ0v) is 14.3. The van der Waals surface area contributed by atoms with Gasteiger partial charge in [0.2, 0.25) is 5.91 Å². The molecule has 132 valence electrons. The summed E-state index contributed by atoms with van der Waals surface area (Å²) in [6, 6.07) is 1.97. The molecule has 7 nitrogen and oxygen atoms in total. The molecule has 3 heterocycles. The van der Waals surface area contributed by atoms with Crippen LogP contribution in [-0.2, 0) is 4.79 Å². The summed E-state index contributed by atoms with van der Waals surface area (Å²) in [7, 11) is 0. The molecule has 2 aromatic rings. The Hall–Kier alpha value is -2.83. The van der Waals surface area contributed by atoms with Crippen LogP contribution in [-0.4, -0.2) is 45.8 Å². The number of aromatic amines is 1. The quantitative estimate of drug-likeness (QED) is 0.722. The van der Waals surface area contributed by atoms with Crippen LogP contribution in [0.15, 0.2) is 31.1 Å². The van der Waals surface area contributed by atoms with Crippen molar-refractivity contribution >= 4 is 28.5 Å². The normalized spacial score (nSPS) is 20.4. The van der Waals surface area contributed by atoms with Crippen molar-refractivity contribution in [3.8, 4) is 0 Å². The van der Waals surface area contributed by atoms with Crippen molar-refractivity contribution < 1.29 is 9.59 Å². The lowest BCUT2D eigenvalue weighted by Gasteiger charge is -2.39. The predicted molar refractivity (Wildman–Crippen MR) is 97.2 cm³/mol. The maximum Gasteiger partial charge on any atom is 0.252 e. The van der Waals surface area contributed by atoms with Crippen molar-refractivity contribution in [1.29, 1.82) is 0 Å². The standard InChI is InChI=1S/C18H23N5O2/c1-3-15(24)23-8-4-5-12(11(23)2)9-21-16-13-6-7-20-18(13)22-10-14(16)17(19)25/h3,6-7,10-12H,1,4-5,8-9H2,2H3,(H2,19,25)(H2,20,21,22). The van der Waals surface area contributed by atoms with Crippen LogP contribution in [0.4, 0.5) is 5.69 Å². The molecule has 0 saturated carbocycles. The van der Waals surface area contributed by atoms with Gasteiger partial charge in [-0.1, -0.05) is 6.58 Å². The Kier molecular flexibility index (Phi) is 4.74. The number of H-pyrrole nitrogens is 1. The van der Waals surface area contributed by atoms with Crippen LogP contribution in [0.3, 0.4) is 0 Å². The Labute approximate surface area is 146 Å². The number of nitrogens with zero attached hydrogens (tertiary/aromatic N) is 2. The highest BCUT2D eigenvalue weighted by Gasteiger charge is 2.30. The van der Waals surface area contributed by atoms with E-state index in [4.69, 9.17) is 5.73 Å². The number of piperidine rings is 1. The number of carbonyl (C=O) groups is 2. The second-order valence-corrected chi connectivity index (χ2v) is 6.41. The van der Waals surface area contributed by atoms with Crippen molar-refractivity contribution in [2.45, 2.75) is 25.8 Å². The monoisotopic (exact) mass is 341 g/mol. The van der Waals surface area contributed by atoms with Crippen LogP contribution < -0.4 is 11.1 Å². The second-order valence-electron chi connectivity index (χ2n) is 6.41. The molecule has 0 aromatic carbocycles. The van der Waals surface area contributed by atoms with Crippen LogP contribution in [0, 0.1) is 5.92 Å². The smallest absolute Gasteiger partial charge is 0.252 e. The van der Waals surface area contributed by atoms with E-state index in [0.717, 1.165) is 24.8 Å². The van der Waals surface area contributed by atoms with Gasteiger partial charge in [-0.15, -0.1) is 0 Å². The zero-order valence-electron chi connectivity index (χ0n) is 14.3. The number of amides is 2. The number of primary amides is 1. The lowest BCUT2D eigenvalue weighted by atomic mass is 9.89. The van der Waals surface area contributed by atoms with E-state index in [2.05, 4.69) is 28.8 Å². The average molecular weight is 341 g/mol. The minimum absolute atomic E-state index is 0.0352. The molecule has 2 aromatic heterocycles. The topological polar surface area (TPSA) is 104 Å². The number of nitrogens with two attached hydrogens (primary N) is 1. The van der Waals surface area contributed by atoms with Crippen molar-refractivity contribution in [2.75, 3.05) is 18.4 Å². The molecule has 0 radical (unpaired) electrons. The third-order valence-corrected chi connectivity index (χ3v) is 5.00. The Morgan fingerprint density at radius 1 is 1.56 bits per heavy atom. The van der Waals surface area contributed by atoms with Gasteiger partial charge >= 0.3 is 0 Å². The summed E-state index contributed by atoms with van der Waals surface area (Å²) in [4.78, 5) is 32.9. The first kappa shape index (κ1) is 17.0. The minimum atomic E-state index is -0.516. The molecule has 0 spiro atoms. The summed E-state index contributed by atoms with van der Waals surface area (Å²) < 4.78 is 0. The number of nitrogens with one attached hydrogen (secondary N) is 2. The number of aromatic nitrogens is 2. The Morgan fingerprint density at radius 3 is 3.08 bits per heavy atom. The third-order valence-electron chi connectivity index (χ3n) is 5.00. The van der Waals surface area contributed by atoms with Crippen LogP contribution in [0.1, 0.15) is 30.1 Å². The van der Waals surface area contributed by atoms with Gasteiger partial charge in [-0.3, -0.25) is 9.59 Å². The summed E-state index contributed by atoms with van der Waals surface area (Å²) in [5.74, 6) is -0.272. The number of pyridine rings is 1. The molecule has 0 bridgehead atoms. The molecular weight excluding hydrogens is 318 g/mol. The summed E-state index contributed by atoms with van der Waals surface area (Å²) >= 11 is 0. The summed E-state index contributed by atoms with van der Waals surface area (Å²) in [6.45, 7) is 7.04. The van der Waals surface area contributed by atoms with E-state index >= 15 is 0 Å². The number of anilines is 1. The number of hydrogen-bond donors (Lipinski definition) is 3. The van der Waals surface area contributed by atoms with E-state index in [1.807, 2.05) is 11.0 Å². The van der Waals surface area contributed by atoms with Crippen molar-refractivity contribution in [3.63, 3.8) is 0 Å². The SMILES string of the molecule is C=CC(=O)N1CCCC(CNc2c(C(N)=O)cnc3[nH]ccc23)C1C. The molecule has 2 atom stereocenters. The molecule has 0 aliphatic carbocycles. The van der Waals surface area contributed by atoms with Gasteiger partial charge in [0.1, 0.15) is 5.65 Å². The molecule has 3 rings (SSSR count). The lowest BCUT2D eigenvalue weighted by molar-refractivity contribution is -0.130. The van der Waals surface area contributed by atoms with Crippen molar-refractivity contribution in [1.82, 2.24) is 14.9 Å². The van der Waals surface area contributed by atoms with Crippen LogP contribution in [0.25, 0.3) is 11.0 Å². The first-order valence-electron chi connectivity index (χ1n) is 8.45. The molecule has 1 aliphatic rings. The molecule has 2 unspecified atom stereocenters. The molecule has 1 aliphatic heterocycles. The fourth-order valence-electron chi connectivity index (χ4n) is 3.54. The lowest BCUT2D eigenvalue weighted by Crippen LogP contribution is -2.48. The average Bonchev–Trinajstić information content (AvgIpc) is 3.08. The van der Waals surface area contributed by atoms with E-state index in [9.17, 15) is 9.59 Å². The Balaban J connectivity index is 1.81. The first-order valence-corrected chi connectivity index (χ1v) is 8.45. The summed E-state index contributed by atoms with van der Waals surface area (Å²) in [5.41, 5.74) is 7.26. The molecule has 2 amide bonds. The Morgan fingerprint density at radius 2 is 2.36 bits per heavy atom. The molecule has 25 heavy (non-hydrogen) atoms. The maximum atomic E-state index is 12.0. The van der Waals surface area contributed by atoms with Gasteiger partial charge in [0, 0.05) is 36.9 Å². The van der Waals surface area contributed by atoms with E-state index < -0.39 is 5.91 Å². The number of hydrogen-bond acceptors (Lipinski definition) is 4. The van der Waals surface area contributed by atoms with Gasteiger partial charge in [0.15, 0.2) is 0 Å². The fourth-order valence-corrected chi connectivity index (χ4v) is 3.54. The van der Waals surface area contributed by atoms with Gasteiger partial charge in [0.25, 0.3) is 5.91 Å².